The van der Waals surface area contributed by atoms with Crippen molar-refractivity contribution in [3.63, 3.8) is 0 Å². The van der Waals surface area contributed by atoms with Crippen molar-refractivity contribution in [2.45, 2.75) is 6.92 Å². The highest BCUT2D eigenvalue weighted by molar-refractivity contribution is 6.03. The Hall–Kier alpha value is -3.74. The lowest BCUT2D eigenvalue weighted by atomic mass is 10.2. The summed E-state index contributed by atoms with van der Waals surface area (Å²) in [5.74, 6) is -0.0647. The van der Waals surface area contributed by atoms with Gasteiger partial charge in [0, 0.05) is 37.2 Å². The van der Waals surface area contributed by atoms with E-state index in [-0.39, 0.29) is 17.5 Å². The highest BCUT2D eigenvalue weighted by Gasteiger charge is 2.12. The summed E-state index contributed by atoms with van der Waals surface area (Å²) in [7, 11) is 1.84. The SMILES string of the molecule is CC(=O)Nc1ccc(NC(=O)c2ccnc(N(C)c3ccccc3)n2)cc1. The first kappa shape index (κ1) is 18.1. The van der Waals surface area contributed by atoms with Crippen molar-refractivity contribution in [1.82, 2.24) is 9.97 Å². The molecule has 27 heavy (non-hydrogen) atoms. The van der Waals surface area contributed by atoms with Crippen LogP contribution in [-0.2, 0) is 4.79 Å². The molecule has 2 amide bonds. The summed E-state index contributed by atoms with van der Waals surface area (Å²) in [5.41, 5.74) is 2.44. The van der Waals surface area contributed by atoms with Crippen LogP contribution in [0.15, 0.2) is 66.9 Å². The van der Waals surface area contributed by atoms with Gasteiger partial charge in [0.25, 0.3) is 5.91 Å². The van der Waals surface area contributed by atoms with Crippen molar-refractivity contribution in [3.8, 4) is 0 Å². The summed E-state index contributed by atoms with van der Waals surface area (Å²) in [6.07, 6.45) is 1.55. The Balaban J connectivity index is 1.73. The van der Waals surface area contributed by atoms with E-state index in [1.165, 1.54) is 6.92 Å². The zero-order valence-electron chi connectivity index (χ0n) is 15.0. The molecule has 1 heterocycles. The first-order chi connectivity index (χ1) is 13.0. The van der Waals surface area contributed by atoms with Crippen LogP contribution in [0.3, 0.4) is 0 Å². The van der Waals surface area contributed by atoms with E-state index in [0.29, 0.717) is 17.3 Å². The van der Waals surface area contributed by atoms with Gasteiger partial charge >= 0.3 is 0 Å². The Morgan fingerprint density at radius 1 is 0.889 bits per heavy atom. The molecule has 0 radical (unpaired) electrons. The van der Waals surface area contributed by atoms with E-state index in [1.54, 1.807) is 41.4 Å². The lowest BCUT2D eigenvalue weighted by Gasteiger charge is -2.17. The number of amides is 2. The Bertz CT molecular complexity index is 942. The smallest absolute Gasteiger partial charge is 0.274 e. The number of para-hydroxylation sites is 1. The largest absolute Gasteiger partial charge is 0.326 e. The van der Waals surface area contributed by atoms with Crippen LogP contribution in [0.4, 0.5) is 23.0 Å². The molecule has 7 heteroatoms. The molecule has 0 saturated carbocycles. The summed E-state index contributed by atoms with van der Waals surface area (Å²) in [6.45, 7) is 1.44. The van der Waals surface area contributed by atoms with Gasteiger partial charge in [-0.1, -0.05) is 18.2 Å². The first-order valence-electron chi connectivity index (χ1n) is 8.34. The summed E-state index contributed by atoms with van der Waals surface area (Å²) in [4.78, 5) is 33.9. The van der Waals surface area contributed by atoms with Gasteiger partial charge < -0.3 is 15.5 Å². The predicted octanol–water partition coefficient (Wildman–Crippen LogP) is 3.46. The third-order valence-corrected chi connectivity index (χ3v) is 3.78. The highest BCUT2D eigenvalue weighted by atomic mass is 16.2. The standard InChI is InChI=1S/C20H19N5O2/c1-14(26)22-15-8-10-16(11-9-15)23-19(27)18-12-13-21-20(24-18)25(2)17-6-4-3-5-7-17/h3-13H,1-2H3,(H,22,26)(H,23,27). The molecule has 0 saturated heterocycles. The maximum Gasteiger partial charge on any atom is 0.274 e. The average Bonchev–Trinajstić information content (AvgIpc) is 2.69. The van der Waals surface area contributed by atoms with Crippen LogP contribution in [0.25, 0.3) is 0 Å². The van der Waals surface area contributed by atoms with Gasteiger partial charge in [-0.25, -0.2) is 9.97 Å². The number of nitrogens with one attached hydrogen (secondary N) is 2. The molecule has 136 valence electrons. The summed E-state index contributed by atoms with van der Waals surface area (Å²) in [6, 6.07) is 18.1. The van der Waals surface area contributed by atoms with Crippen LogP contribution in [-0.4, -0.2) is 28.8 Å². The molecule has 7 nitrogen and oxygen atoms in total. The van der Waals surface area contributed by atoms with Gasteiger partial charge in [-0.15, -0.1) is 0 Å². The summed E-state index contributed by atoms with van der Waals surface area (Å²) in [5, 5.41) is 5.46. The highest BCUT2D eigenvalue weighted by Crippen LogP contribution is 2.19. The molecule has 0 unspecified atom stereocenters. The molecule has 3 aromatic rings. The molecule has 0 bridgehead atoms. The molecule has 2 aromatic carbocycles. The van der Waals surface area contributed by atoms with Gasteiger partial charge in [-0.05, 0) is 42.5 Å². The fraction of sp³-hybridized carbons (Fsp3) is 0.100. The van der Waals surface area contributed by atoms with E-state index in [0.717, 1.165) is 5.69 Å². The zero-order valence-corrected chi connectivity index (χ0v) is 15.0. The van der Waals surface area contributed by atoms with E-state index >= 15 is 0 Å². The number of hydrogen-bond donors (Lipinski definition) is 2. The summed E-state index contributed by atoms with van der Waals surface area (Å²) < 4.78 is 0. The van der Waals surface area contributed by atoms with E-state index in [2.05, 4.69) is 20.6 Å². The lowest BCUT2D eigenvalue weighted by molar-refractivity contribution is -0.114. The lowest BCUT2D eigenvalue weighted by Crippen LogP contribution is -2.18. The van der Waals surface area contributed by atoms with Crippen LogP contribution in [0.5, 0.6) is 0 Å². The minimum atomic E-state index is -0.340. The average molecular weight is 361 g/mol. The van der Waals surface area contributed by atoms with Gasteiger partial charge in [-0.2, -0.15) is 0 Å². The van der Waals surface area contributed by atoms with Crippen molar-refractivity contribution in [2.75, 3.05) is 22.6 Å². The van der Waals surface area contributed by atoms with E-state index < -0.39 is 0 Å². The van der Waals surface area contributed by atoms with Crippen molar-refractivity contribution in [2.24, 2.45) is 0 Å². The Kier molecular flexibility index (Phi) is 5.41. The quantitative estimate of drug-likeness (QED) is 0.727. The van der Waals surface area contributed by atoms with Gasteiger partial charge in [-0.3, -0.25) is 9.59 Å². The molecule has 0 atom stereocenters. The molecule has 0 aliphatic rings. The normalized spacial score (nSPS) is 10.1. The molecule has 2 N–H and O–H groups in total. The van der Waals surface area contributed by atoms with Crippen molar-refractivity contribution < 1.29 is 9.59 Å². The monoisotopic (exact) mass is 361 g/mol. The molecule has 0 spiro atoms. The molecule has 0 fully saturated rings. The fourth-order valence-electron chi connectivity index (χ4n) is 2.44. The molecular weight excluding hydrogens is 342 g/mol. The van der Waals surface area contributed by atoms with Gasteiger partial charge in [0.1, 0.15) is 5.69 Å². The van der Waals surface area contributed by atoms with E-state index in [9.17, 15) is 9.59 Å². The van der Waals surface area contributed by atoms with Crippen LogP contribution >= 0.6 is 0 Å². The number of carbonyl (C=O) groups is 2. The van der Waals surface area contributed by atoms with Crippen LogP contribution in [0.2, 0.25) is 0 Å². The topological polar surface area (TPSA) is 87.2 Å². The molecule has 0 aliphatic heterocycles. The maximum atomic E-state index is 12.5. The predicted molar refractivity (Wildman–Crippen MR) is 105 cm³/mol. The zero-order chi connectivity index (χ0) is 19.2. The van der Waals surface area contributed by atoms with Crippen molar-refractivity contribution >= 4 is 34.8 Å². The molecular formula is C20H19N5O2. The first-order valence-corrected chi connectivity index (χ1v) is 8.34. The number of anilines is 4. The third kappa shape index (κ3) is 4.66. The van der Waals surface area contributed by atoms with E-state index in [4.69, 9.17) is 0 Å². The minimum absolute atomic E-state index is 0.150. The number of rotatable bonds is 5. The summed E-state index contributed by atoms with van der Waals surface area (Å²) >= 11 is 0. The Morgan fingerprint density at radius 2 is 1.52 bits per heavy atom. The molecule has 0 aliphatic carbocycles. The molecule has 3 rings (SSSR count). The van der Waals surface area contributed by atoms with Gasteiger partial charge in [0.05, 0.1) is 0 Å². The van der Waals surface area contributed by atoms with Crippen molar-refractivity contribution in [3.05, 3.63) is 72.6 Å². The van der Waals surface area contributed by atoms with Crippen molar-refractivity contribution in [1.29, 1.82) is 0 Å². The number of carbonyl (C=O) groups excluding carboxylic acids is 2. The number of nitrogens with zero attached hydrogens (tertiary/aromatic N) is 3. The van der Waals surface area contributed by atoms with Gasteiger partial charge in [0.15, 0.2) is 0 Å². The second-order valence-corrected chi connectivity index (χ2v) is 5.85. The Labute approximate surface area is 157 Å². The number of benzene rings is 2. The number of aromatic nitrogens is 2. The maximum absolute atomic E-state index is 12.5. The van der Waals surface area contributed by atoms with Gasteiger partial charge in [0.2, 0.25) is 11.9 Å². The number of hydrogen-bond acceptors (Lipinski definition) is 5. The fourth-order valence-corrected chi connectivity index (χ4v) is 2.44. The minimum Gasteiger partial charge on any atom is -0.326 e. The van der Waals surface area contributed by atoms with Crippen LogP contribution < -0.4 is 15.5 Å². The third-order valence-electron chi connectivity index (χ3n) is 3.78. The molecule has 1 aromatic heterocycles. The van der Waals surface area contributed by atoms with Crippen LogP contribution in [0.1, 0.15) is 17.4 Å². The second-order valence-electron chi connectivity index (χ2n) is 5.85. The Morgan fingerprint density at radius 3 is 2.15 bits per heavy atom. The van der Waals surface area contributed by atoms with E-state index in [1.807, 2.05) is 37.4 Å². The van der Waals surface area contributed by atoms with Crippen LogP contribution in [0, 0.1) is 0 Å². The second kappa shape index (κ2) is 8.09.